The quantitative estimate of drug-likeness (QED) is 0.595. The van der Waals surface area contributed by atoms with Crippen LogP contribution < -0.4 is 11.3 Å². The van der Waals surface area contributed by atoms with Crippen molar-refractivity contribution >= 4 is 53.5 Å². The number of nitrogens with two attached hydrogens (primary N) is 1. The molecular weight excluding hydrogens is 352 g/mol. The van der Waals surface area contributed by atoms with Gasteiger partial charge in [-0.2, -0.15) is 0 Å². The molecule has 0 spiro atoms. The van der Waals surface area contributed by atoms with Gasteiger partial charge in [0.1, 0.15) is 0 Å². The SMILES string of the molecule is Cc1c(Br)cc(Br)c(NN)c1Br. The molecule has 0 bridgehead atoms. The molecule has 0 aromatic heterocycles. The van der Waals surface area contributed by atoms with Gasteiger partial charge in [0.05, 0.1) is 5.69 Å². The molecule has 0 fully saturated rings. The molecule has 5 heteroatoms. The molecule has 0 heterocycles. The molecule has 0 amide bonds. The maximum absolute atomic E-state index is 5.35. The summed E-state index contributed by atoms with van der Waals surface area (Å²) in [6.07, 6.45) is 0. The second kappa shape index (κ2) is 4.09. The fraction of sp³-hybridized carbons (Fsp3) is 0.143. The summed E-state index contributed by atoms with van der Waals surface area (Å²) in [4.78, 5) is 0. The van der Waals surface area contributed by atoms with Gasteiger partial charge in [0.15, 0.2) is 0 Å². The number of nitrogens with one attached hydrogen (secondary N) is 1. The normalized spacial score (nSPS) is 10.1. The van der Waals surface area contributed by atoms with E-state index in [4.69, 9.17) is 5.84 Å². The van der Waals surface area contributed by atoms with Crippen LogP contribution in [0, 0.1) is 6.92 Å². The molecule has 66 valence electrons. The zero-order valence-electron chi connectivity index (χ0n) is 6.29. The summed E-state index contributed by atoms with van der Waals surface area (Å²) < 4.78 is 2.93. The van der Waals surface area contributed by atoms with Crippen molar-refractivity contribution in [2.24, 2.45) is 5.84 Å². The second-order valence-electron chi connectivity index (χ2n) is 2.30. The van der Waals surface area contributed by atoms with Crippen molar-refractivity contribution in [3.63, 3.8) is 0 Å². The molecule has 0 aliphatic rings. The van der Waals surface area contributed by atoms with Crippen LogP contribution in [0.2, 0.25) is 0 Å². The van der Waals surface area contributed by atoms with E-state index in [1.165, 1.54) is 0 Å². The third kappa shape index (κ3) is 1.84. The van der Waals surface area contributed by atoms with Crippen molar-refractivity contribution in [3.8, 4) is 0 Å². The van der Waals surface area contributed by atoms with Gasteiger partial charge in [-0.1, -0.05) is 15.9 Å². The Morgan fingerprint density at radius 2 is 1.83 bits per heavy atom. The third-order valence-electron chi connectivity index (χ3n) is 1.54. The van der Waals surface area contributed by atoms with E-state index in [-0.39, 0.29) is 0 Å². The molecule has 1 rings (SSSR count). The lowest BCUT2D eigenvalue weighted by Gasteiger charge is -2.10. The molecule has 0 atom stereocenters. The summed E-state index contributed by atoms with van der Waals surface area (Å²) in [7, 11) is 0. The standard InChI is InChI=1S/C7H7Br3N2/c1-3-4(8)2-5(9)7(12-11)6(3)10/h2,12H,11H2,1H3. The van der Waals surface area contributed by atoms with Crippen LogP contribution in [0.5, 0.6) is 0 Å². The molecular formula is C7H7Br3N2. The predicted molar refractivity (Wildman–Crippen MR) is 62.1 cm³/mol. The maximum atomic E-state index is 5.35. The van der Waals surface area contributed by atoms with Crippen molar-refractivity contribution in [1.82, 2.24) is 0 Å². The lowest BCUT2D eigenvalue weighted by molar-refractivity contribution is 1.29. The number of hydrogen-bond donors (Lipinski definition) is 2. The van der Waals surface area contributed by atoms with Crippen molar-refractivity contribution in [2.75, 3.05) is 5.43 Å². The van der Waals surface area contributed by atoms with Gasteiger partial charge in [-0.3, -0.25) is 5.84 Å². The maximum Gasteiger partial charge on any atom is 0.0774 e. The Morgan fingerprint density at radius 3 is 2.33 bits per heavy atom. The first-order chi connectivity index (χ1) is 5.57. The van der Waals surface area contributed by atoms with Crippen LogP contribution >= 0.6 is 47.8 Å². The van der Waals surface area contributed by atoms with Gasteiger partial charge in [0.2, 0.25) is 0 Å². The highest BCUT2D eigenvalue weighted by atomic mass is 79.9. The Labute approximate surface area is 96.3 Å². The summed E-state index contributed by atoms with van der Waals surface area (Å²) >= 11 is 10.3. The minimum atomic E-state index is 0.857. The molecule has 0 aliphatic heterocycles. The van der Waals surface area contributed by atoms with E-state index in [2.05, 4.69) is 53.2 Å². The number of rotatable bonds is 1. The van der Waals surface area contributed by atoms with Gasteiger partial charge in [-0.05, 0) is 50.4 Å². The predicted octanol–water partition coefficient (Wildman–Crippen LogP) is 3.57. The molecule has 12 heavy (non-hydrogen) atoms. The number of benzene rings is 1. The first kappa shape index (κ1) is 10.5. The summed E-state index contributed by atoms with van der Waals surface area (Å²) in [6, 6.07) is 1.95. The van der Waals surface area contributed by atoms with E-state index in [9.17, 15) is 0 Å². The van der Waals surface area contributed by atoms with E-state index in [0.29, 0.717) is 0 Å². The molecule has 0 radical (unpaired) electrons. The Hall–Kier alpha value is 0.420. The highest BCUT2D eigenvalue weighted by Crippen LogP contribution is 2.37. The average molecular weight is 359 g/mol. The summed E-state index contributed by atoms with van der Waals surface area (Å²) in [5.41, 5.74) is 4.59. The lowest BCUT2D eigenvalue weighted by Crippen LogP contribution is -2.08. The topological polar surface area (TPSA) is 38.0 Å². The van der Waals surface area contributed by atoms with Crippen LogP contribution in [0.25, 0.3) is 0 Å². The molecule has 3 N–H and O–H groups in total. The first-order valence-electron chi connectivity index (χ1n) is 3.18. The Morgan fingerprint density at radius 1 is 1.25 bits per heavy atom. The van der Waals surface area contributed by atoms with E-state index in [0.717, 1.165) is 24.7 Å². The summed E-state index contributed by atoms with van der Waals surface area (Å²) in [5, 5.41) is 0. The fourth-order valence-electron chi connectivity index (χ4n) is 0.821. The van der Waals surface area contributed by atoms with Crippen LogP contribution in [-0.4, -0.2) is 0 Å². The van der Waals surface area contributed by atoms with Crippen LogP contribution in [0.1, 0.15) is 5.56 Å². The smallest absolute Gasteiger partial charge is 0.0774 e. The van der Waals surface area contributed by atoms with Gasteiger partial charge in [-0.25, -0.2) is 0 Å². The van der Waals surface area contributed by atoms with E-state index in [1.807, 2.05) is 13.0 Å². The molecule has 0 aliphatic carbocycles. The van der Waals surface area contributed by atoms with Crippen LogP contribution in [0.4, 0.5) is 5.69 Å². The van der Waals surface area contributed by atoms with Crippen LogP contribution in [0.15, 0.2) is 19.5 Å². The van der Waals surface area contributed by atoms with Gasteiger partial charge >= 0.3 is 0 Å². The Bertz CT molecular complexity index is 312. The highest BCUT2D eigenvalue weighted by molar-refractivity contribution is 9.11. The molecule has 0 saturated carbocycles. The Kier molecular flexibility index (Phi) is 3.58. The van der Waals surface area contributed by atoms with Gasteiger partial charge in [0, 0.05) is 13.4 Å². The monoisotopic (exact) mass is 356 g/mol. The number of halogens is 3. The number of hydrogen-bond acceptors (Lipinski definition) is 2. The van der Waals surface area contributed by atoms with E-state index < -0.39 is 0 Å². The van der Waals surface area contributed by atoms with Gasteiger partial charge in [-0.15, -0.1) is 0 Å². The Balaban J connectivity index is 3.40. The fourth-order valence-corrected chi connectivity index (χ4v) is 3.17. The van der Waals surface area contributed by atoms with Gasteiger partial charge in [0.25, 0.3) is 0 Å². The molecule has 1 aromatic rings. The van der Waals surface area contributed by atoms with E-state index in [1.54, 1.807) is 0 Å². The van der Waals surface area contributed by atoms with Crippen LogP contribution in [0.3, 0.4) is 0 Å². The largest absolute Gasteiger partial charge is 0.322 e. The minimum absolute atomic E-state index is 0.857. The van der Waals surface area contributed by atoms with Crippen LogP contribution in [-0.2, 0) is 0 Å². The van der Waals surface area contributed by atoms with Crippen molar-refractivity contribution in [3.05, 3.63) is 25.0 Å². The average Bonchev–Trinajstić information content (AvgIpc) is 2.01. The number of anilines is 1. The molecule has 2 nitrogen and oxygen atoms in total. The third-order valence-corrected chi connectivity index (χ3v) is 3.98. The molecule has 1 aromatic carbocycles. The number of nitrogen functional groups attached to an aromatic ring is 1. The number of hydrazine groups is 1. The van der Waals surface area contributed by atoms with E-state index >= 15 is 0 Å². The first-order valence-corrected chi connectivity index (χ1v) is 5.56. The zero-order valence-corrected chi connectivity index (χ0v) is 11.0. The highest BCUT2D eigenvalue weighted by Gasteiger charge is 2.09. The lowest BCUT2D eigenvalue weighted by atomic mass is 10.2. The summed E-state index contributed by atoms with van der Waals surface area (Å²) in [5.74, 6) is 5.35. The molecule has 0 unspecified atom stereocenters. The zero-order chi connectivity index (χ0) is 9.30. The second-order valence-corrected chi connectivity index (χ2v) is 4.80. The van der Waals surface area contributed by atoms with Crippen molar-refractivity contribution in [2.45, 2.75) is 6.92 Å². The molecule has 0 saturated heterocycles. The van der Waals surface area contributed by atoms with Crippen molar-refractivity contribution in [1.29, 1.82) is 0 Å². The van der Waals surface area contributed by atoms with Gasteiger partial charge < -0.3 is 5.43 Å². The minimum Gasteiger partial charge on any atom is -0.322 e. The van der Waals surface area contributed by atoms with Crippen molar-refractivity contribution < 1.29 is 0 Å². The summed E-state index contributed by atoms with van der Waals surface area (Å²) in [6.45, 7) is 2.00.